The van der Waals surface area contributed by atoms with Gasteiger partial charge in [-0.1, -0.05) is 18.2 Å². The van der Waals surface area contributed by atoms with Gasteiger partial charge in [-0.15, -0.1) is 0 Å². The van der Waals surface area contributed by atoms with Crippen LogP contribution < -0.4 is 10.6 Å². The fraction of sp³-hybridized carbons (Fsp3) is 0.435. The minimum Gasteiger partial charge on any atom is -0.392 e. The van der Waals surface area contributed by atoms with E-state index >= 15 is 0 Å². The second kappa shape index (κ2) is 9.45. The molecule has 0 saturated carbocycles. The van der Waals surface area contributed by atoms with Gasteiger partial charge in [0.25, 0.3) is 5.91 Å². The fourth-order valence-electron chi connectivity index (χ4n) is 4.00. The van der Waals surface area contributed by atoms with Crippen LogP contribution in [0.25, 0.3) is 11.0 Å². The molecule has 1 fully saturated rings. The number of nitrogens with one attached hydrogen (secondary N) is 2. The number of nitrogens with zero attached hydrogens (tertiary/aromatic N) is 3. The summed E-state index contributed by atoms with van der Waals surface area (Å²) in [6.07, 6.45) is 5.18. The Hall–Kier alpha value is -2.97. The van der Waals surface area contributed by atoms with Gasteiger partial charge in [0.15, 0.2) is 5.65 Å². The molecule has 0 spiro atoms. The first-order valence-corrected chi connectivity index (χ1v) is 10.8. The van der Waals surface area contributed by atoms with Crippen LogP contribution in [-0.2, 0) is 24.4 Å². The van der Waals surface area contributed by atoms with Gasteiger partial charge in [-0.05, 0) is 43.4 Å². The van der Waals surface area contributed by atoms with E-state index in [-0.39, 0.29) is 18.6 Å². The zero-order valence-electron chi connectivity index (χ0n) is 18.0. The van der Waals surface area contributed by atoms with E-state index in [1.54, 1.807) is 12.4 Å². The summed E-state index contributed by atoms with van der Waals surface area (Å²) in [5.41, 5.74) is 4.87. The number of ether oxygens (including phenoxy) is 1. The number of carbonyl (C=O) groups excluding carboxylic acids is 1. The zero-order valence-corrected chi connectivity index (χ0v) is 18.0. The summed E-state index contributed by atoms with van der Waals surface area (Å²) in [6, 6.07) is 5.98. The third kappa shape index (κ3) is 4.40. The minimum absolute atomic E-state index is 0.0191. The number of hydrogen-bond donors (Lipinski definition) is 3. The fourth-order valence-corrected chi connectivity index (χ4v) is 4.00. The molecule has 1 aromatic carbocycles. The van der Waals surface area contributed by atoms with Crippen molar-refractivity contribution in [1.82, 2.24) is 20.1 Å². The van der Waals surface area contributed by atoms with Gasteiger partial charge < -0.3 is 20.5 Å². The number of aliphatic hydroxyl groups is 1. The monoisotopic (exact) mass is 423 g/mol. The Morgan fingerprint density at radius 3 is 2.77 bits per heavy atom. The third-order valence-corrected chi connectivity index (χ3v) is 5.95. The molecule has 2 aromatic heterocycles. The van der Waals surface area contributed by atoms with Crippen molar-refractivity contribution in [1.29, 1.82) is 0 Å². The average Bonchev–Trinajstić information content (AvgIpc) is 3.23. The highest BCUT2D eigenvalue weighted by atomic mass is 16.5. The number of carbonyl (C=O) groups is 1. The molecule has 164 valence electrons. The smallest absolute Gasteiger partial charge is 0.255 e. The number of amides is 1. The molecule has 0 aliphatic carbocycles. The largest absolute Gasteiger partial charge is 0.392 e. The highest BCUT2D eigenvalue weighted by Crippen LogP contribution is 2.28. The third-order valence-electron chi connectivity index (χ3n) is 5.95. The first-order chi connectivity index (χ1) is 15.1. The molecule has 1 saturated heterocycles. The van der Waals surface area contributed by atoms with E-state index in [0.29, 0.717) is 31.9 Å². The van der Waals surface area contributed by atoms with Crippen LogP contribution in [0, 0.1) is 6.92 Å². The van der Waals surface area contributed by atoms with Gasteiger partial charge in [0.1, 0.15) is 0 Å². The van der Waals surface area contributed by atoms with Crippen molar-refractivity contribution in [3.8, 4) is 0 Å². The molecule has 3 heterocycles. The van der Waals surface area contributed by atoms with Crippen molar-refractivity contribution in [3.05, 3.63) is 52.8 Å². The Morgan fingerprint density at radius 1 is 1.26 bits per heavy atom. The molecule has 0 atom stereocenters. The lowest BCUT2D eigenvalue weighted by Gasteiger charge is -2.25. The average molecular weight is 424 g/mol. The summed E-state index contributed by atoms with van der Waals surface area (Å²) in [5.74, 6) is -0.193. The van der Waals surface area contributed by atoms with Crippen LogP contribution in [0.4, 0.5) is 5.69 Å². The SMILES string of the molecule is CCn1ncc2c(NC3CCOCC3)c(C(=O)NCc3cccc(CO)c3C)cnc21. The van der Waals surface area contributed by atoms with Crippen molar-refractivity contribution >= 4 is 22.6 Å². The lowest BCUT2D eigenvalue weighted by Crippen LogP contribution is -2.30. The summed E-state index contributed by atoms with van der Waals surface area (Å²) in [4.78, 5) is 17.7. The molecule has 0 bridgehead atoms. The number of aryl methyl sites for hydroxylation is 1. The molecule has 31 heavy (non-hydrogen) atoms. The van der Waals surface area contributed by atoms with Crippen molar-refractivity contribution in [2.75, 3.05) is 18.5 Å². The van der Waals surface area contributed by atoms with Crippen LogP contribution in [0.3, 0.4) is 0 Å². The molecule has 1 aliphatic heterocycles. The van der Waals surface area contributed by atoms with Crippen LogP contribution in [0.1, 0.15) is 46.8 Å². The molecule has 4 rings (SSSR count). The predicted molar refractivity (Wildman–Crippen MR) is 119 cm³/mol. The Morgan fingerprint density at radius 2 is 2.03 bits per heavy atom. The lowest BCUT2D eigenvalue weighted by atomic mass is 10.0. The highest BCUT2D eigenvalue weighted by molar-refractivity contribution is 6.06. The topological polar surface area (TPSA) is 101 Å². The second-order valence-electron chi connectivity index (χ2n) is 7.82. The number of benzene rings is 1. The van der Waals surface area contributed by atoms with Gasteiger partial charge in [0.05, 0.1) is 29.4 Å². The predicted octanol–water partition coefficient (Wildman–Crippen LogP) is 2.77. The standard InChI is InChI=1S/C23H29N5O3/c1-3-28-22-19(13-26-28)21(27-18-7-9-31-10-8-18)20(12-24-22)23(30)25-11-16-5-4-6-17(14-29)15(16)2/h4-6,12-13,18,29H,3,7-11,14H2,1-2H3,(H,24,27)(H,25,30). The van der Waals surface area contributed by atoms with Gasteiger partial charge in [0, 0.05) is 38.5 Å². The van der Waals surface area contributed by atoms with Crippen LogP contribution in [0.15, 0.2) is 30.6 Å². The molecule has 1 aliphatic rings. The Bertz CT molecular complexity index is 1070. The molecule has 8 nitrogen and oxygen atoms in total. The second-order valence-corrected chi connectivity index (χ2v) is 7.82. The van der Waals surface area contributed by atoms with Gasteiger partial charge in [-0.25, -0.2) is 9.67 Å². The summed E-state index contributed by atoms with van der Waals surface area (Å²) >= 11 is 0. The molecule has 8 heteroatoms. The van der Waals surface area contributed by atoms with E-state index in [1.165, 1.54) is 0 Å². The number of aliphatic hydroxyl groups excluding tert-OH is 1. The number of hydrogen-bond acceptors (Lipinski definition) is 6. The van der Waals surface area contributed by atoms with E-state index in [9.17, 15) is 9.90 Å². The van der Waals surface area contributed by atoms with Crippen LogP contribution >= 0.6 is 0 Å². The Balaban J connectivity index is 1.62. The number of aromatic nitrogens is 3. The van der Waals surface area contributed by atoms with Crippen LogP contribution in [0.2, 0.25) is 0 Å². The Labute approximate surface area is 181 Å². The first kappa shape index (κ1) is 21.3. The summed E-state index contributed by atoms with van der Waals surface area (Å²) in [5, 5.41) is 21.4. The zero-order chi connectivity index (χ0) is 21.8. The summed E-state index contributed by atoms with van der Waals surface area (Å²) in [6.45, 7) is 6.46. The first-order valence-electron chi connectivity index (χ1n) is 10.8. The number of fused-ring (bicyclic) bond motifs is 1. The molecule has 3 N–H and O–H groups in total. The van der Waals surface area contributed by atoms with Crippen molar-refractivity contribution < 1.29 is 14.6 Å². The normalized spacial score (nSPS) is 14.7. The van der Waals surface area contributed by atoms with E-state index in [4.69, 9.17) is 4.74 Å². The van der Waals surface area contributed by atoms with E-state index in [1.807, 2.05) is 36.7 Å². The number of rotatable bonds is 7. The number of anilines is 1. The van der Waals surface area contributed by atoms with Crippen molar-refractivity contribution in [2.24, 2.45) is 0 Å². The van der Waals surface area contributed by atoms with Gasteiger partial charge in [0.2, 0.25) is 0 Å². The molecule has 0 unspecified atom stereocenters. The maximum Gasteiger partial charge on any atom is 0.255 e. The summed E-state index contributed by atoms with van der Waals surface area (Å²) < 4.78 is 7.31. The maximum atomic E-state index is 13.2. The minimum atomic E-state index is -0.193. The van der Waals surface area contributed by atoms with Crippen LogP contribution in [-0.4, -0.2) is 45.0 Å². The van der Waals surface area contributed by atoms with Crippen molar-refractivity contribution in [3.63, 3.8) is 0 Å². The van der Waals surface area contributed by atoms with E-state index in [0.717, 1.165) is 46.3 Å². The van der Waals surface area contributed by atoms with E-state index < -0.39 is 0 Å². The number of pyridine rings is 1. The van der Waals surface area contributed by atoms with Gasteiger partial charge in [-0.2, -0.15) is 5.10 Å². The lowest BCUT2D eigenvalue weighted by molar-refractivity contribution is 0.0904. The molecular weight excluding hydrogens is 394 g/mol. The van der Waals surface area contributed by atoms with Gasteiger partial charge >= 0.3 is 0 Å². The summed E-state index contributed by atoms with van der Waals surface area (Å²) in [7, 11) is 0. The quantitative estimate of drug-likeness (QED) is 0.540. The van der Waals surface area contributed by atoms with Crippen LogP contribution in [0.5, 0.6) is 0 Å². The molecule has 0 radical (unpaired) electrons. The highest BCUT2D eigenvalue weighted by Gasteiger charge is 2.22. The Kier molecular flexibility index (Phi) is 6.48. The van der Waals surface area contributed by atoms with E-state index in [2.05, 4.69) is 20.7 Å². The van der Waals surface area contributed by atoms with Crippen molar-refractivity contribution in [2.45, 2.75) is 52.4 Å². The maximum absolute atomic E-state index is 13.2. The molecular formula is C23H29N5O3. The molecule has 3 aromatic rings. The van der Waals surface area contributed by atoms with Gasteiger partial charge in [-0.3, -0.25) is 4.79 Å². The molecule has 1 amide bonds.